The average molecular weight is 519 g/mol. The van der Waals surface area contributed by atoms with E-state index in [1.807, 2.05) is 61.5 Å². The van der Waals surface area contributed by atoms with Crippen LogP contribution >= 0.6 is 11.8 Å². The van der Waals surface area contributed by atoms with Crippen molar-refractivity contribution in [3.8, 4) is 0 Å². The molecule has 1 aliphatic heterocycles. The highest BCUT2D eigenvalue weighted by Crippen LogP contribution is 2.27. The number of amides is 1. The summed E-state index contributed by atoms with van der Waals surface area (Å²) in [5, 5.41) is 3.63. The van der Waals surface area contributed by atoms with Gasteiger partial charge in [0.15, 0.2) is 5.16 Å². The van der Waals surface area contributed by atoms with Gasteiger partial charge in [-0.05, 0) is 42.3 Å². The van der Waals surface area contributed by atoms with Crippen LogP contribution in [0.2, 0.25) is 0 Å². The monoisotopic (exact) mass is 518 g/mol. The molecule has 1 amide bonds. The summed E-state index contributed by atoms with van der Waals surface area (Å²) in [6, 6.07) is 19.3. The zero-order valence-corrected chi connectivity index (χ0v) is 21.6. The van der Waals surface area contributed by atoms with Crippen molar-refractivity contribution >= 4 is 34.3 Å². The van der Waals surface area contributed by atoms with E-state index in [0.29, 0.717) is 54.5 Å². The lowest BCUT2D eigenvalue weighted by molar-refractivity contribution is -0.120. The fourth-order valence-corrected chi connectivity index (χ4v) is 5.39. The van der Waals surface area contributed by atoms with Crippen molar-refractivity contribution in [1.29, 1.82) is 0 Å². The second-order valence-electron chi connectivity index (χ2n) is 8.88. The summed E-state index contributed by atoms with van der Waals surface area (Å²) in [5.41, 5.74) is 2.49. The van der Waals surface area contributed by atoms with E-state index in [1.165, 1.54) is 11.8 Å². The highest BCUT2D eigenvalue weighted by Gasteiger charge is 2.23. The number of nitrogens with one attached hydrogen (secondary N) is 1. The fraction of sp³-hybridized carbons (Fsp3) is 0.321. The number of aromatic nitrogens is 2. The summed E-state index contributed by atoms with van der Waals surface area (Å²) in [7, 11) is 0. The Balaban J connectivity index is 1.48. The molecule has 0 bridgehead atoms. The summed E-state index contributed by atoms with van der Waals surface area (Å²) < 4.78 is 12.5. The number of carbonyl (C=O) groups excluding carboxylic acids is 1. The maximum atomic E-state index is 13.9. The van der Waals surface area contributed by atoms with E-state index >= 15 is 0 Å². The topological polar surface area (TPSA) is 89.6 Å². The van der Waals surface area contributed by atoms with Gasteiger partial charge in [-0.3, -0.25) is 14.2 Å². The molecule has 0 radical (unpaired) electrons. The third-order valence-electron chi connectivity index (χ3n) is 6.39. The summed E-state index contributed by atoms with van der Waals surface area (Å²) >= 11 is 1.32. The number of hydrogen-bond acceptors (Lipinski definition) is 7. The quantitative estimate of drug-likeness (QED) is 0.264. The lowest BCUT2D eigenvalue weighted by Gasteiger charge is -2.29. The lowest BCUT2D eigenvalue weighted by atomic mass is 10.2. The minimum Gasteiger partial charge on any atom is -0.467 e. The molecule has 2 aromatic heterocycles. The van der Waals surface area contributed by atoms with Gasteiger partial charge in [0, 0.05) is 18.8 Å². The van der Waals surface area contributed by atoms with E-state index in [-0.39, 0.29) is 11.5 Å². The number of ether oxygens (including phenoxy) is 1. The number of furan rings is 1. The van der Waals surface area contributed by atoms with Gasteiger partial charge in [0.25, 0.3) is 5.56 Å². The van der Waals surface area contributed by atoms with Gasteiger partial charge in [0.2, 0.25) is 5.91 Å². The largest absolute Gasteiger partial charge is 0.467 e. The Morgan fingerprint density at radius 3 is 2.65 bits per heavy atom. The minimum atomic E-state index is -0.408. The predicted octanol–water partition coefficient (Wildman–Crippen LogP) is 4.06. The van der Waals surface area contributed by atoms with Gasteiger partial charge in [-0.25, -0.2) is 4.98 Å². The van der Waals surface area contributed by atoms with Crippen molar-refractivity contribution in [2.75, 3.05) is 31.2 Å². The molecule has 0 spiro atoms. The normalized spacial score (nSPS) is 14.6. The number of anilines is 1. The van der Waals surface area contributed by atoms with Crippen LogP contribution in [0.25, 0.3) is 10.9 Å². The fourth-order valence-electron chi connectivity index (χ4n) is 4.35. The molecule has 1 fully saturated rings. The Labute approximate surface area is 219 Å². The molecule has 8 nitrogen and oxygen atoms in total. The van der Waals surface area contributed by atoms with Crippen LogP contribution in [0.15, 0.2) is 81.3 Å². The maximum absolute atomic E-state index is 13.9. The number of hydrogen-bond donors (Lipinski definition) is 1. The molecule has 3 heterocycles. The van der Waals surface area contributed by atoms with Gasteiger partial charge >= 0.3 is 0 Å². The predicted molar refractivity (Wildman–Crippen MR) is 145 cm³/mol. The molecule has 1 saturated heterocycles. The molecule has 192 valence electrons. The molecule has 0 aliphatic carbocycles. The van der Waals surface area contributed by atoms with Crippen molar-refractivity contribution < 1.29 is 13.9 Å². The molecule has 0 saturated carbocycles. The SMILES string of the molecule is CC[C@@H](Sc1nc2ccc(N3CCOCC3)cc2c(=O)n1Cc1ccccc1)C(=O)NCc1ccco1. The second-order valence-corrected chi connectivity index (χ2v) is 10.1. The Hall–Kier alpha value is -3.56. The van der Waals surface area contributed by atoms with Crippen LogP contribution in [0.1, 0.15) is 24.7 Å². The van der Waals surface area contributed by atoms with Crippen LogP contribution < -0.4 is 15.8 Å². The number of fused-ring (bicyclic) bond motifs is 1. The smallest absolute Gasteiger partial charge is 0.262 e. The Kier molecular flexibility index (Phi) is 7.91. The van der Waals surface area contributed by atoms with E-state index in [9.17, 15) is 9.59 Å². The molecular weight excluding hydrogens is 488 g/mol. The maximum Gasteiger partial charge on any atom is 0.262 e. The Bertz CT molecular complexity index is 1400. The molecule has 0 unspecified atom stereocenters. The average Bonchev–Trinajstić information content (AvgIpc) is 3.47. The number of carbonyl (C=O) groups is 1. The number of nitrogens with zero attached hydrogens (tertiary/aromatic N) is 3. The highest BCUT2D eigenvalue weighted by atomic mass is 32.2. The first-order valence-electron chi connectivity index (χ1n) is 12.5. The van der Waals surface area contributed by atoms with Crippen molar-refractivity contribution in [1.82, 2.24) is 14.9 Å². The van der Waals surface area contributed by atoms with E-state index in [4.69, 9.17) is 14.1 Å². The van der Waals surface area contributed by atoms with Crippen LogP contribution in [0.4, 0.5) is 5.69 Å². The van der Waals surface area contributed by atoms with Crippen LogP contribution in [0.5, 0.6) is 0 Å². The number of rotatable bonds is 9. The molecule has 1 aliphatic rings. The number of thioether (sulfide) groups is 1. The molecule has 2 aromatic carbocycles. The standard InChI is InChI=1S/C28H30N4O4S/c1-2-25(26(33)29-18-22-9-6-14-36-22)37-28-30-24-11-10-21(31-12-15-35-16-13-31)17-23(24)27(34)32(28)19-20-7-4-3-5-8-20/h3-11,14,17,25H,2,12-13,15-16,18-19H2,1H3,(H,29,33)/t25-/m1/s1. The van der Waals surface area contributed by atoms with Gasteiger partial charge in [-0.2, -0.15) is 0 Å². The van der Waals surface area contributed by atoms with Gasteiger partial charge in [0.1, 0.15) is 5.76 Å². The zero-order chi connectivity index (χ0) is 25.6. The van der Waals surface area contributed by atoms with E-state index in [0.717, 1.165) is 24.3 Å². The molecular formula is C28H30N4O4S. The van der Waals surface area contributed by atoms with Crippen molar-refractivity contribution in [3.63, 3.8) is 0 Å². The summed E-state index contributed by atoms with van der Waals surface area (Å²) in [6.45, 7) is 5.56. The second kappa shape index (κ2) is 11.7. The molecule has 4 aromatic rings. The van der Waals surface area contributed by atoms with Crippen LogP contribution in [0.3, 0.4) is 0 Å². The summed E-state index contributed by atoms with van der Waals surface area (Å²) in [5.74, 6) is 0.571. The van der Waals surface area contributed by atoms with E-state index < -0.39 is 5.25 Å². The van der Waals surface area contributed by atoms with Gasteiger partial charge in [-0.15, -0.1) is 0 Å². The summed E-state index contributed by atoms with van der Waals surface area (Å²) in [6.07, 6.45) is 2.17. The van der Waals surface area contributed by atoms with E-state index in [1.54, 1.807) is 16.9 Å². The molecule has 1 atom stereocenters. The molecule has 37 heavy (non-hydrogen) atoms. The van der Waals surface area contributed by atoms with Gasteiger partial charge in [-0.1, -0.05) is 49.0 Å². The van der Waals surface area contributed by atoms with Crippen molar-refractivity contribution in [2.45, 2.75) is 36.8 Å². The number of morpholine rings is 1. The third-order valence-corrected chi connectivity index (χ3v) is 7.74. The first-order chi connectivity index (χ1) is 18.1. The zero-order valence-electron chi connectivity index (χ0n) is 20.8. The Morgan fingerprint density at radius 2 is 1.92 bits per heavy atom. The first-order valence-corrected chi connectivity index (χ1v) is 13.4. The highest BCUT2D eigenvalue weighted by molar-refractivity contribution is 8.00. The van der Waals surface area contributed by atoms with Crippen LogP contribution in [0, 0.1) is 0 Å². The molecule has 1 N–H and O–H groups in total. The summed E-state index contributed by atoms with van der Waals surface area (Å²) in [4.78, 5) is 34.0. The van der Waals surface area contributed by atoms with E-state index in [2.05, 4.69) is 10.2 Å². The lowest BCUT2D eigenvalue weighted by Crippen LogP contribution is -2.36. The van der Waals surface area contributed by atoms with Crippen LogP contribution in [-0.4, -0.2) is 47.0 Å². The minimum absolute atomic E-state index is 0.114. The number of benzene rings is 2. The molecule has 5 rings (SSSR count). The van der Waals surface area contributed by atoms with Gasteiger partial charge in [0.05, 0.1) is 48.7 Å². The first kappa shape index (κ1) is 25.1. The van der Waals surface area contributed by atoms with Gasteiger partial charge < -0.3 is 19.4 Å². The van der Waals surface area contributed by atoms with Crippen molar-refractivity contribution in [3.05, 3.63) is 88.6 Å². The molecule has 9 heteroatoms. The van der Waals surface area contributed by atoms with Crippen LogP contribution in [-0.2, 0) is 22.6 Å². The third kappa shape index (κ3) is 5.89. The Morgan fingerprint density at radius 1 is 1.11 bits per heavy atom. The van der Waals surface area contributed by atoms with Crippen molar-refractivity contribution in [2.24, 2.45) is 0 Å².